The molecular weight excluding hydrogens is 464 g/mol. The average molecular weight is 509 g/mol. The number of hydrogen-bond donors (Lipinski definition) is 1. The summed E-state index contributed by atoms with van der Waals surface area (Å²) in [7, 11) is 4.46. The summed E-state index contributed by atoms with van der Waals surface area (Å²) >= 11 is 0. The van der Waals surface area contributed by atoms with Crippen LogP contribution < -0.4 is 10.6 Å². The minimum atomic E-state index is -0.127. The molecule has 0 atom stereocenters. The molecule has 1 saturated carbocycles. The summed E-state index contributed by atoms with van der Waals surface area (Å²) in [4.78, 5) is 34.1. The molecule has 8 heteroatoms. The molecule has 3 fully saturated rings. The molecule has 8 nitrogen and oxygen atoms in total. The Kier molecular flexibility index (Phi) is 9.16. The normalized spacial score (nSPS) is 20.5. The van der Waals surface area contributed by atoms with Crippen LogP contribution in [0.15, 0.2) is 22.0 Å². The molecule has 0 radical (unpaired) electrons. The van der Waals surface area contributed by atoms with E-state index in [1.165, 1.54) is 52.1 Å². The fraction of sp³-hybridized carbons (Fsp3) is 0.621. The second kappa shape index (κ2) is 12.3. The highest BCUT2D eigenvalue weighted by atomic mass is 16.1. The van der Waals surface area contributed by atoms with Crippen LogP contribution in [0.2, 0.25) is 0 Å². The van der Waals surface area contributed by atoms with E-state index >= 15 is 0 Å². The van der Waals surface area contributed by atoms with Gasteiger partial charge in [-0.25, -0.2) is 0 Å². The third kappa shape index (κ3) is 6.30. The number of likely N-dealkylation sites (tertiary alicyclic amines) is 1. The van der Waals surface area contributed by atoms with Gasteiger partial charge in [0.25, 0.3) is 5.56 Å². The SMILES string of the molecule is C=NN(c1c(C)c(=O)[nH]c2cc(C)c(C=O)cc12)C1CCCC1.CN1CCC(N2CCN(C)CC2)CC1. The maximum Gasteiger partial charge on any atom is 0.253 e. The molecule has 1 aliphatic carbocycles. The number of aldehydes is 1. The second-order valence-electron chi connectivity index (χ2n) is 11.1. The summed E-state index contributed by atoms with van der Waals surface area (Å²) in [6.07, 6.45) is 8.00. The smallest absolute Gasteiger partial charge is 0.253 e. The van der Waals surface area contributed by atoms with Crippen molar-refractivity contribution in [2.75, 3.05) is 58.4 Å². The molecule has 1 aromatic heterocycles. The van der Waals surface area contributed by atoms with Crippen molar-refractivity contribution in [2.45, 2.75) is 64.5 Å². The Labute approximate surface area is 221 Å². The van der Waals surface area contributed by atoms with E-state index in [-0.39, 0.29) is 11.6 Å². The molecule has 3 aliphatic rings. The number of likely N-dealkylation sites (N-methyl/N-ethyl adjacent to an activating group) is 1. The van der Waals surface area contributed by atoms with Crippen molar-refractivity contribution in [2.24, 2.45) is 5.10 Å². The zero-order chi connectivity index (χ0) is 26.5. The van der Waals surface area contributed by atoms with Crippen molar-refractivity contribution in [1.29, 1.82) is 0 Å². The predicted molar refractivity (Wildman–Crippen MR) is 153 cm³/mol. The van der Waals surface area contributed by atoms with E-state index in [9.17, 15) is 9.59 Å². The van der Waals surface area contributed by atoms with Crippen LogP contribution in [0.5, 0.6) is 0 Å². The quantitative estimate of drug-likeness (QED) is 0.378. The number of piperazine rings is 1. The van der Waals surface area contributed by atoms with Crippen LogP contribution in [-0.2, 0) is 0 Å². The molecule has 1 aromatic carbocycles. The monoisotopic (exact) mass is 508 g/mol. The minimum absolute atomic E-state index is 0.127. The number of aromatic amines is 1. The molecule has 2 aromatic rings. The first-order valence-electron chi connectivity index (χ1n) is 13.8. The lowest BCUT2D eigenvalue weighted by molar-refractivity contribution is 0.0742. The van der Waals surface area contributed by atoms with E-state index in [0.717, 1.165) is 60.2 Å². The summed E-state index contributed by atoms with van der Waals surface area (Å²) in [5.41, 5.74) is 3.45. The van der Waals surface area contributed by atoms with E-state index in [1.807, 2.05) is 24.1 Å². The van der Waals surface area contributed by atoms with Crippen molar-refractivity contribution < 1.29 is 4.79 Å². The summed E-state index contributed by atoms with van der Waals surface area (Å²) in [6, 6.07) is 4.82. The lowest BCUT2D eigenvalue weighted by Gasteiger charge is -2.41. The van der Waals surface area contributed by atoms with Crippen LogP contribution in [0, 0.1) is 13.8 Å². The van der Waals surface area contributed by atoms with Gasteiger partial charge < -0.3 is 14.8 Å². The first-order chi connectivity index (χ1) is 17.8. The summed E-state index contributed by atoms with van der Waals surface area (Å²) in [5, 5.41) is 6.93. The van der Waals surface area contributed by atoms with E-state index in [2.05, 4.69) is 45.6 Å². The highest BCUT2D eigenvalue weighted by molar-refractivity contribution is 5.97. The minimum Gasteiger partial charge on any atom is -0.322 e. The van der Waals surface area contributed by atoms with E-state index in [4.69, 9.17) is 0 Å². The zero-order valence-corrected chi connectivity index (χ0v) is 23.1. The first-order valence-corrected chi connectivity index (χ1v) is 13.8. The second-order valence-corrected chi connectivity index (χ2v) is 11.1. The first kappa shape index (κ1) is 27.5. The molecular formula is C29H44N6O2. The van der Waals surface area contributed by atoms with Gasteiger partial charge in [-0.15, -0.1) is 0 Å². The Bertz CT molecular complexity index is 1120. The van der Waals surface area contributed by atoms with Crippen LogP contribution in [0.25, 0.3) is 10.9 Å². The van der Waals surface area contributed by atoms with Gasteiger partial charge in [0.15, 0.2) is 0 Å². The Morgan fingerprint density at radius 1 is 0.973 bits per heavy atom. The lowest BCUT2D eigenvalue weighted by Crippen LogP contribution is -2.51. The van der Waals surface area contributed by atoms with Gasteiger partial charge in [0, 0.05) is 55.5 Å². The number of benzene rings is 1. The van der Waals surface area contributed by atoms with Crippen LogP contribution >= 0.6 is 0 Å². The number of hydrazone groups is 1. The summed E-state index contributed by atoms with van der Waals surface area (Å²) in [6.45, 7) is 15.0. The number of rotatable bonds is 5. The number of carbonyl (C=O) groups excluding carboxylic acids is 1. The van der Waals surface area contributed by atoms with Gasteiger partial charge in [-0.1, -0.05) is 12.8 Å². The number of nitrogens with zero attached hydrogens (tertiary/aromatic N) is 5. The number of H-pyrrole nitrogens is 1. The van der Waals surface area contributed by atoms with Gasteiger partial charge in [0.1, 0.15) is 6.29 Å². The molecule has 0 unspecified atom stereocenters. The Morgan fingerprint density at radius 2 is 1.59 bits per heavy atom. The Morgan fingerprint density at radius 3 is 2.19 bits per heavy atom. The van der Waals surface area contributed by atoms with Crippen molar-refractivity contribution in [1.82, 2.24) is 19.7 Å². The van der Waals surface area contributed by atoms with Gasteiger partial charge in [-0.2, -0.15) is 5.10 Å². The third-order valence-electron chi connectivity index (χ3n) is 8.53. The number of nitrogens with one attached hydrogen (secondary N) is 1. The fourth-order valence-corrected chi connectivity index (χ4v) is 6.04. The van der Waals surface area contributed by atoms with Crippen molar-refractivity contribution in [3.8, 4) is 0 Å². The molecule has 5 rings (SSSR count). The molecule has 0 spiro atoms. The highest BCUT2D eigenvalue weighted by Crippen LogP contribution is 2.35. The standard InChI is InChI=1S/C18H21N3O2.C11H23N3/c1-11-8-16-15(9-13(11)10-22)17(12(2)18(23)20-16)21(19-3)14-6-4-5-7-14;1-12-5-3-11(4-6-12)14-9-7-13(2)8-10-14/h8-10,14H,3-7H2,1-2H3,(H,20,23);11H,3-10H2,1-2H3. The van der Waals surface area contributed by atoms with Crippen LogP contribution in [0.3, 0.4) is 0 Å². The molecule has 202 valence electrons. The number of aromatic nitrogens is 1. The van der Waals surface area contributed by atoms with E-state index in [0.29, 0.717) is 11.1 Å². The van der Waals surface area contributed by atoms with Crippen LogP contribution in [0.4, 0.5) is 5.69 Å². The molecule has 2 saturated heterocycles. The average Bonchev–Trinajstić information content (AvgIpc) is 3.43. The van der Waals surface area contributed by atoms with E-state index in [1.54, 1.807) is 6.92 Å². The third-order valence-corrected chi connectivity index (χ3v) is 8.53. The van der Waals surface area contributed by atoms with Gasteiger partial charge in [-0.3, -0.25) is 19.5 Å². The van der Waals surface area contributed by atoms with Gasteiger partial charge >= 0.3 is 0 Å². The zero-order valence-electron chi connectivity index (χ0n) is 23.1. The van der Waals surface area contributed by atoms with E-state index < -0.39 is 0 Å². The predicted octanol–water partition coefficient (Wildman–Crippen LogP) is 3.65. The number of anilines is 1. The van der Waals surface area contributed by atoms with Crippen molar-refractivity contribution >= 4 is 29.6 Å². The number of aryl methyl sites for hydroxylation is 1. The maximum atomic E-state index is 12.3. The van der Waals surface area contributed by atoms with Crippen LogP contribution in [0.1, 0.15) is 60.0 Å². The number of pyridine rings is 1. The van der Waals surface area contributed by atoms with Gasteiger partial charge in [0.2, 0.25) is 0 Å². The highest BCUT2D eigenvalue weighted by Gasteiger charge is 2.27. The molecule has 0 amide bonds. The van der Waals surface area contributed by atoms with Crippen molar-refractivity contribution in [3.05, 3.63) is 39.2 Å². The molecule has 0 bridgehead atoms. The maximum absolute atomic E-state index is 12.3. The number of fused-ring (bicyclic) bond motifs is 1. The van der Waals surface area contributed by atoms with Crippen molar-refractivity contribution in [3.63, 3.8) is 0 Å². The number of carbonyl (C=O) groups is 1. The summed E-state index contributed by atoms with van der Waals surface area (Å²) in [5.74, 6) is 0. The number of hydrogen-bond acceptors (Lipinski definition) is 7. The Balaban J connectivity index is 0.000000195. The summed E-state index contributed by atoms with van der Waals surface area (Å²) < 4.78 is 0. The van der Waals surface area contributed by atoms with Gasteiger partial charge in [-0.05, 0) is 84.4 Å². The molecule has 1 N–H and O–H groups in total. The molecule has 37 heavy (non-hydrogen) atoms. The largest absolute Gasteiger partial charge is 0.322 e. The lowest BCUT2D eigenvalue weighted by atomic mass is 10.0. The topological polar surface area (TPSA) is 75.2 Å². The molecule has 2 aliphatic heterocycles. The Hall–Kier alpha value is -2.55. The fourth-order valence-electron chi connectivity index (χ4n) is 6.04. The van der Waals surface area contributed by atoms with Gasteiger partial charge in [0.05, 0.1) is 17.2 Å². The van der Waals surface area contributed by atoms with Crippen LogP contribution in [-0.4, -0.2) is 98.1 Å². The molecule has 3 heterocycles. The number of piperidine rings is 1.